The number of nitrogens with zero attached hydrogens (tertiary/aromatic N) is 2. The Morgan fingerprint density at radius 2 is 1.62 bits per heavy atom. The molecule has 0 spiro atoms. The molecule has 0 fully saturated rings. The molecule has 0 bridgehead atoms. The Kier molecular flexibility index (Phi) is 8.73. The van der Waals surface area contributed by atoms with E-state index < -0.39 is 0 Å². The van der Waals surface area contributed by atoms with Crippen molar-refractivity contribution in [1.82, 2.24) is 9.88 Å². The monoisotopic (exact) mass is 412 g/mol. The van der Waals surface area contributed by atoms with Crippen LogP contribution >= 0.6 is 35.6 Å². The van der Waals surface area contributed by atoms with Crippen molar-refractivity contribution in [1.29, 1.82) is 0 Å². The molecule has 0 N–H and O–H groups in total. The van der Waals surface area contributed by atoms with Gasteiger partial charge in [0.15, 0.2) is 0 Å². The second kappa shape index (κ2) is 10.8. The van der Waals surface area contributed by atoms with Gasteiger partial charge in [0.2, 0.25) is 0 Å². The summed E-state index contributed by atoms with van der Waals surface area (Å²) in [5.41, 5.74) is 1.90. The number of pyridine rings is 1. The van der Waals surface area contributed by atoms with E-state index in [1.165, 1.54) is 0 Å². The van der Waals surface area contributed by atoms with Gasteiger partial charge >= 0.3 is 0 Å². The molecule has 0 radical (unpaired) electrons. The zero-order valence-corrected chi connectivity index (χ0v) is 16.9. The predicted molar refractivity (Wildman–Crippen MR) is 114 cm³/mol. The molecule has 26 heavy (non-hydrogen) atoms. The van der Waals surface area contributed by atoms with E-state index in [-0.39, 0.29) is 12.4 Å². The highest BCUT2D eigenvalue weighted by atomic mass is 35.5. The van der Waals surface area contributed by atoms with Crippen molar-refractivity contribution in [3.05, 3.63) is 48.5 Å². The second-order valence-electron chi connectivity index (χ2n) is 5.93. The minimum absolute atomic E-state index is 0. The molecule has 0 aliphatic rings. The lowest BCUT2D eigenvalue weighted by molar-refractivity contribution is 0.252. The third-order valence-electron chi connectivity index (χ3n) is 4.19. The summed E-state index contributed by atoms with van der Waals surface area (Å²) in [7, 11) is 0. The number of fused-ring (bicyclic) bond motifs is 2. The zero-order chi connectivity index (χ0) is 17.5. The summed E-state index contributed by atoms with van der Waals surface area (Å²) in [6, 6.07) is 16.4. The molecule has 0 saturated heterocycles. The number of hydrogen-bond donors (Lipinski definition) is 0. The molecule has 6 heteroatoms. The summed E-state index contributed by atoms with van der Waals surface area (Å²) in [5.74, 6) is 2.08. The first-order chi connectivity index (χ1) is 12.3. The number of hydrogen-bond acceptors (Lipinski definition) is 3. The van der Waals surface area contributed by atoms with Crippen LogP contribution in [0.25, 0.3) is 21.8 Å². The highest BCUT2D eigenvalue weighted by Crippen LogP contribution is 2.27. The molecular weight excluding hydrogens is 391 g/mol. The fourth-order valence-corrected chi connectivity index (χ4v) is 3.41. The molecule has 1 heterocycles. The van der Waals surface area contributed by atoms with Gasteiger partial charge in [0, 0.05) is 42.2 Å². The Labute approximate surface area is 170 Å². The van der Waals surface area contributed by atoms with Crippen LogP contribution in [-0.2, 0) is 0 Å². The smallest absolute Gasteiger partial charge is 0.145 e. The Hall–Kier alpha value is -1.26. The van der Waals surface area contributed by atoms with Crippen molar-refractivity contribution in [2.24, 2.45) is 0 Å². The van der Waals surface area contributed by atoms with Crippen molar-refractivity contribution in [2.75, 3.05) is 38.0 Å². The summed E-state index contributed by atoms with van der Waals surface area (Å²) in [6.07, 6.45) is 0.928. The van der Waals surface area contributed by atoms with Gasteiger partial charge in [0.05, 0.1) is 12.1 Å². The molecule has 0 saturated carbocycles. The van der Waals surface area contributed by atoms with Crippen LogP contribution in [0.5, 0.6) is 5.75 Å². The third kappa shape index (κ3) is 5.37. The van der Waals surface area contributed by atoms with Crippen LogP contribution < -0.4 is 4.74 Å². The second-order valence-corrected chi connectivity index (χ2v) is 6.69. The highest BCUT2D eigenvalue weighted by molar-refractivity contribution is 6.18. The fraction of sp³-hybridized carbons (Fsp3) is 0.350. The maximum absolute atomic E-state index is 6.02. The summed E-state index contributed by atoms with van der Waals surface area (Å²) in [4.78, 5) is 7.04. The van der Waals surface area contributed by atoms with E-state index in [0.29, 0.717) is 18.4 Å². The Balaban J connectivity index is 0.00000243. The fourth-order valence-electron chi connectivity index (χ4n) is 2.94. The van der Waals surface area contributed by atoms with Gasteiger partial charge in [-0.3, -0.25) is 0 Å². The highest BCUT2D eigenvalue weighted by Gasteiger charge is 2.07. The van der Waals surface area contributed by atoms with Crippen molar-refractivity contribution in [2.45, 2.75) is 6.42 Å². The van der Waals surface area contributed by atoms with E-state index in [1.54, 1.807) is 0 Å². The summed E-state index contributed by atoms with van der Waals surface area (Å²) in [5, 5.41) is 2.24. The van der Waals surface area contributed by atoms with Crippen molar-refractivity contribution in [3.8, 4) is 5.75 Å². The van der Waals surface area contributed by atoms with Crippen LogP contribution in [0.4, 0.5) is 0 Å². The standard InChI is InChI=1S/C20H22Cl2N2O.ClH/c21-9-12-24(13-10-22)11-4-14-25-19-8-3-6-17-15-16-5-1-2-7-18(16)23-20(17)19;/h1-3,5-8,15H,4,9-14H2;1H. The number of alkyl halides is 2. The lowest BCUT2D eigenvalue weighted by Gasteiger charge is -2.19. The van der Waals surface area contributed by atoms with Gasteiger partial charge in [-0.1, -0.05) is 30.3 Å². The molecule has 140 valence electrons. The normalized spacial score (nSPS) is 11.0. The molecule has 0 aliphatic heterocycles. The van der Waals surface area contributed by atoms with Crippen LogP contribution in [-0.4, -0.2) is 47.9 Å². The summed E-state index contributed by atoms with van der Waals surface area (Å²) >= 11 is 11.7. The van der Waals surface area contributed by atoms with Crippen LogP contribution in [0.1, 0.15) is 6.42 Å². The minimum Gasteiger partial charge on any atom is -0.491 e. The number of benzene rings is 2. The van der Waals surface area contributed by atoms with Crippen LogP contribution in [0.15, 0.2) is 48.5 Å². The number of aromatic nitrogens is 1. The third-order valence-corrected chi connectivity index (χ3v) is 4.53. The number of halogens is 3. The topological polar surface area (TPSA) is 25.4 Å². The van der Waals surface area contributed by atoms with Gasteiger partial charge in [0.25, 0.3) is 0 Å². The molecule has 1 aromatic heterocycles. The first-order valence-corrected chi connectivity index (χ1v) is 9.64. The number of ether oxygens (including phenoxy) is 1. The predicted octanol–water partition coefficient (Wildman–Crippen LogP) is 5.36. The Morgan fingerprint density at radius 1 is 0.885 bits per heavy atom. The van der Waals surface area contributed by atoms with E-state index in [2.05, 4.69) is 23.1 Å². The molecule has 0 amide bonds. The van der Waals surface area contributed by atoms with Crippen LogP contribution in [0.2, 0.25) is 0 Å². The van der Waals surface area contributed by atoms with E-state index in [9.17, 15) is 0 Å². The molecule has 3 aromatic rings. The van der Waals surface area contributed by atoms with Gasteiger partial charge in [-0.05, 0) is 24.6 Å². The first-order valence-electron chi connectivity index (χ1n) is 8.57. The van der Waals surface area contributed by atoms with E-state index in [0.717, 1.165) is 53.6 Å². The van der Waals surface area contributed by atoms with Gasteiger partial charge in [-0.15, -0.1) is 35.6 Å². The quantitative estimate of drug-likeness (QED) is 0.268. The summed E-state index contributed by atoms with van der Waals surface area (Å²) < 4.78 is 6.02. The first kappa shape index (κ1) is 21.0. The van der Waals surface area contributed by atoms with E-state index in [1.807, 2.05) is 30.3 Å². The van der Waals surface area contributed by atoms with Gasteiger partial charge < -0.3 is 9.64 Å². The maximum Gasteiger partial charge on any atom is 0.145 e. The molecule has 0 atom stereocenters. The summed E-state index contributed by atoms with van der Waals surface area (Å²) in [6.45, 7) is 3.29. The van der Waals surface area contributed by atoms with E-state index >= 15 is 0 Å². The van der Waals surface area contributed by atoms with Crippen molar-refractivity contribution < 1.29 is 4.74 Å². The molecule has 3 rings (SSSR count). The molecule has 3 nitrogen and oxygen atoms in total. The average molecular weight is 414 g/mol. The number of para-hydroxylation sites is 2. The van der Waals surface area contributed by atoms with Crippen LogP contribution in [0.3, 0.4) is 0 Å². The molecular formula is C20H23Cl3N2O. The molecule has 0 unspecified atom stereocenters. The number of rotatable bonds is 9. The van der Waals surface area contributed by atoms with Crippen molar-refractivity contribution in [3.63, 3.8) is 0 Å². The van der Waals surface area contributed by atoms with Crippen molar-refractivity contribution >= 4 is 57.4 Å². The van der Waals surface area contributed by atoms with E-state index in [4.69, 9.17) is 32.9 Å². The zero-order valence-electron chi connectivity index (χ0n) is 14.5. The SMILES string of the molecule is Cl.ClCCN(CCCl)CCCOc1cccc2cc3ccccc3nc12. The van der Waals surface area contributed by atoms with Crippen LogP contribution in [0, 0.1) is 0 Å². The van der Waals surface area contributed by atoms with Gasteiger partial charge in [-0.25, -0.2) is 4.98 Å². The average Bonchev–Trinajstić information content (AvgIpc) is 2.64. The van der Waals surface area contributed by atoms with Gasteiger partial charge in [-0.2, -0.15) is 0 Å². The lowest BCUT2D eigenvalue weighted by atomic mass is 10.1. The largest absolute Gasteiger partial charge is 0.491 e. The minimum atomic E-state index is 0. The molecule has 0 aliphatic carbocycles. The maximum atomic E-state index is 6.02. The Bertz CT molecular complexity index is 822. The lowest BCUT2D eigenvalue weighted by Crippen LogP contribution is -2.29. The molecule has 2 aromatic carbocycles. The van der Waals surface area contributed by atoms with Gasteiger partial charge in [0.1, 0.15) is 11.3 Å². The Morgan fingerprint density at radius 3 is 2.38 bits per heavy atom.